The SMILES string of the molecule is COc1c(F)cc(Cn2cc(CNc3cc4c(c(C)n3)NC(=O)[C@H](C3CC3)N4C)cn2)cc1F. The largest absolute Gasteiger partial charge is 0.491 e. The Morgan fingerprint density at radius 1 is 1.21 bits per heavy atom. The highest BCUT2D eigenvalue weighted by Crippen LogP contribution is 2.43. The van der Waals surface area contributed by atoms with Gasteiger partial charge in [0.25, 0.3) is 0 Å². The standard InChI is InChI=1S/C24H26F2N6O2/c1-13-21-19(31(2)22(16-4-5-16)24(33)30-21)8-20(29-13)27-9-15-10-28-32(12-15)11-14-6-17(25)23(34-3)18(26)7-14/h6-8,10,12,16,22H,4-5,9,11H2,1-3H3,(H,27,29)(H,30,33)/t22-/m0/s1. The molecule has 2 aromatic heterocycles. The highest BCUT2D eigenvalue weighted by atomic mass is 19.1. The van der Waals surface area contributed by atoms with E-state index in [4.69, 9.17) is 4.74 Å². The monoisotopic (exact) mass is 468 g/mol. The van der Waals surface area contributed by atoms with Gasteiger partial charge >= 0.3 is 0 Å². The number of carbonyl (C=O) groups is 1. The zero-order chi connectivity index (χ0) is 24.0. The summed E-state index contributed by atoms with van der Waals surface area (Å²) in [6.07, 6.45) is 5.66. The van der Waals surface area contributed by atoms with Crippen LogP contribution in [0.15, 0.2) is 30.6 Å². The van der Waals surface area contributed by atoms with E-state index in [2.05, 4.69) is 25.6 Å². The van der Waals surface area contributed by atoms with Crippen LogP contribution in [0, 0.1) is 24.5 Å². The van der Waals surface area contributed by atoms with Crippen molar-refractivity contribution in [3.8, 4) is 5.75 Å². The van der Waals surface area contributed by atoms with Crippen molar-refractivity contribution in [3.63, 3.8) is 0 Å². The number of nitrogens with one attached hydrogen (secondary N) is 2. The van der Waals surface area contributed by atoms with E-state index in [9.17, 15) is 13.6 Å². The molecule has 1 saturated carbocycles. The molecule has 8 nitrogen and oxygen atoms in total. The molecule has 2 aliphatic rings. The van der Waals surface area contributed by atoms with Gasteiger partial charge in [0, 0.05) is 31.4 Å². The van der Waals surface area contributed by atoms with Crippen LogP contribution in [0.5, 0.6) is 5.75 Å². The van der Waals surface area contributed by atoms with E-state index in [1.807, 2.05) is 26.2 Å². The van der Waals surface area contributed by atoms with E-state index >= 15 is 0 Å². The van der Waals surface area contributed by atoms with Crippen molar-refractivity contribution in [1.29, 1.82) is 0 Å². The Morgan fingerprint density at radius 3 is 2.62 bits per heavy atom. The van der Waals surface area contributed by atoms with Crippen LogP contribution in [0.2, 0.25) is 0 Å². The van der Waals surface area contributed by atoms with Crippen LogP contribution in [0.3, 0.4) is 0 Å². The fraction of sp³-hybridized carbons (Fsp3) is 0.375. The van der Waals surface area contributed by atoms with Gasteiger partial charge < -0.3 is 20.3 Å². The first kappa shape index (κ1) is 22.1. The summed E-state index contributed by atoms with van der Waals surface area (Å²) in [5.41, 5.74) is 3.78. The number of anilines is 3. The summed E-state index contributed by atoms with van der Waals surface area (Å²) < 4.78 is 34.3. The van der Waals surface area contributed by atoms with E-state index in [0.29, 0.717) is 23.8 Å². The molecule has 0 unspecified atom stereocenters. The van der Waals surface area contributed by atoms with Gasteiger partial charge in [0.2, 0.25) is 5.91 Å². The summed E-state index contributed by atoms with van der Waals surface area (Å²) in [5.74, 6) is -0.749. The molecule has 3 aromatic rings. The second kappa shape index (κ2) is 8.58. The zero-order valence-electron chi connectivity index (χ0n) is 19.2. The second-order valence-electron chi connectivity index (χ2n) is 8.86. The molecule has 0 radical (unpaired) electrons. The predicted octanol–water partition coefficient (Wildman–Crippen LogP) is 3.70. The first-order valence-electron chi connectivity index (χ1n) is 11.2. The number of fused-ring (bicyclic) bond motifs is 1. The molecule has 178 valence electrons. The van der Waals surface area contributed by atoms with Crippen LogP contribution in [0.25, 0.3) is 0 Å². The maximum atomic E-state index is 14.0. The fourth-order valence-corrected chi connectivity index (χ4v) is 4.51. The molecule has 1 aliphatic carbocycles. The molecule has 0 saturated heterocycles. The zero-order valence-corrected chi connectivity index (χ0v) is 19.2. The van der Waals surface area contributed by atoms with Crippen molar-refractivity contribution >= 4 is 23.1 Å². The lowest BCUT2D eigenvalue weighted by molar-refractivity contribution is -0.118. The van der Waals surface area contributed by atoms with Gasteiger partial charge in [-0.3, -0.25) is 9.48 Å². The third kappa shape index (κ3) is 4.15. The van der Waals surface area contributed by atoms with E-state index in [-0.39, 0.29) is 18.5 Å². The molecule has 1 aliphatic heterocycles. The third-order valence-corrected chi connectivity index (χ3v) is 6.33. The average Bonchev–Trinajstić information content (AvgIpc) is 3.51. The molecule has 1 aromatic carbocycles. The summed E-state index contributed by atoms with van der Waals surface area (Å²) in [5, 5.41) is 10.6. The maximum absolute atomic E-state index is 14.0. The van der Waals surface area contributed by atoms with Crippen LogP contribution < -0.4 is 20.3 Å². The van der Waals surface area contributed by atoms with E-state index < -0.39 is 17.4 Å². The fourth-order valence-electron chi connectivity index (χ4n) is 4.51. The Morgan fingerprint density at radius 2 is 1.94 bits per heavy atom. The van der Waals surface area contributed by atoms with Crippen molar-refractivity contribution in [2.24, 2.45) is 5.92 Å². The summed E-state index contributed by atoms with van der Waals surface area (Å²) in [6.45, 7) is 2.57. The van der Waals surface area contributed by atoms with Crippen molar-refractivity contribution in [1.82, 2.24) is 14.8 Å². The molecular formula is C24H26F2N6O2. The predicted molar refractivity (Wildman–Crippen MR) is 124 cm³/mol. The third-order valence-electron chi connectivity index (χ3n) is 6.33. The number of ether oxygens (including phenoxy) is 1. The van der Waals surface area contributed by atoms with Crippen molar-refractivity contribution in [2.45, 2.75) is 38.9 Å². The van der Waals surface area contributed by atoms with Gasteiger partial charge in [-0.1, -0.05) is 0 Å². The number of benzene rings is 1. The van der Waals surface area contributed by atoms with Gasteiger partial charge in [0.05, 0.1) is 36.9 Å². The van der Waals surface area contributed by atoms with Gasteiger partial charge in [-0.15, -0.1) is 0 Å². The lowest BCUT2D eigenvalue weighted by Gasteiger charge is -2.36. The number of carbonyl (C=O) groups excluding carboxylic acids is 1. The molecule has 34 heavy (non-hydrogen) atoms. The van der Waals surface area contributed by atoms with Gasteiger partial charge in [0.1, 0.15) is 11.9 Å². The van der Waals surface area contributed by atoms with E-state index in [1.165, 1.54) is 19.2 Å². The highest BCUT2D eigenvalue weighted by molar-refractivity contribution is 6.04. The molecule has 1 atom stereocenters. The lowest BCUT2D eigenvalue weighted by Crippen LogP contribution is -2.47. The number of rotatable bonds is 7. The minimum atomic E-state index is -0.745. The summed E-state index contributed by atoms with van der Waals surface area (Å²) in [6, 6.07) is 4.29. The number of aryl methyl sites for hydroxylation is 1. The molecule has 0 bridgehead atoms. The van der Waals surface area contributed by atoms with Crippen LogP contribution in [0.1, 0.15) is 29.7 Å². The first-order valence-corrected chi connectivity index (χ1v) is 11.2. The first-order chi connectivity index (χ1) is 16.3. The van der Waals surface area contributed by atoms with E-state index in [1.54, 1.807) is 10.9 Å². The number of nitrogens with zero attached hydrogens (tertiary/aromatic N) is 4. The Hall–Kier alpha value is -3.69. The number of amides is 1. The molecule has 1 amide bonds. The molecule has 3 heterocycles. The van der Waals surface area contributed by atoms with E-state index in [0.717, 1.165) is 35.5 Å². The van der Waals surface area contributed by atoms with Crippen LogP contribution >= 0.6 is 0 Å². The topological polar surface area (TPSA) is 84.3 Å². The van der Waals surface area contributed by atoms with Gasteiger partial charge in [-0.05, 0) is 43.4 Å². The van der Waals surface area contributed by atoms with Gasteiger partial charge in [-0.2, -0.15) is 5.10 Å². The molecular weight excluding hydrogens is 442 g/mol. The van der Waals surface area contributed by atoms with Gasteiger partial charge in [0.15, 0.2) is 17.4 Å². The Bertz CT molecular complexity index is 1230. The van der Waals surface area contributed by atoms with Crippen molar-refractivity contribution in [2.75, 3.05) is 29.7 Å². The summed E-state index contributed by atoms with van der Waals surface area (Å²) >= 11 is 0. The average molecular weight is 469 g/mol. The number of halogens is 2. The lowest BCUT2D eigenvalue weighted by atomic mass is 10.0. The van der Waals surface area contributed by atoms with Crippen LogP contribution in [-0.4, -0.2) is 40.9 Å². The molecule has 0 spiro atoms. The highest BCUT2D eigenvalue weighted by Gasteiger charge is 2.42. The van der Waals surface area contributed by atoms with Crippen LogP contribution in [0.4, 0.5) is 26.0 Å². The second-order valence-corrected chi connectivity index (χ2v) is 8.86. The maximum Gasteiger partial charge on any atom is 0.247 e. The minimum absolute atomic E-state index is 0.0344. The number of pyridine rings is 1. The normalized spacial score (nSPS) is 17.4. The van der Waals surface area contributed by atoms with Crippen molar-refractivity contribution < 1.29 is 18.3 Å². The molecule has 2 N–H and O–H groups in total. The molecule has 1 fully saturated rings. The molecule has 10 heteroatoms. The number of likely N-dealkylation sites (N-methyl/N-ethyl adjacent to an activating group) is 1. The number of hydrogen-bond donors (Lipinski definition) is 2. The van der Waals surface area contributed by atoms with Gasteiger partial charge in [-0.25, -0.2) is 13.8 Å². The summed E-state index contributed by atoms with van der Waals surface area (Å²) in [4.78, 5) is 19.2. The summed E-state index contributed by atoms with van der Waals surface area (Å²) in [7, 11) is 3.19. The quantitative estimate of drug-likeness (QED) is 0.550. The number of hydrogen-bond acceptors (Lipinski definition) is 6. The van der Waals surface area contributed by atoms with Crippen LogP contribution in [-0.2, 0) is 17.9 Å². The molecule has 5 rings (SSSR count). The minimum Gasteiger partial charge on any atom is -0.491 e. The Kier molecular flexibility index (Phi) is 5.59. The van der Waals surface area contributed by atoms with Crippen molar-refractivity contribution in [3.05, 3.63) is 59.0 Å². The Labute approximate surface area is 195 Å². The number of methoxy groups -OCH3 is 1. The number of aromatic nitrogens is 3. The smallest absolute Gasteiger partial charge is 0.247 e. The Balaban J connectivity index is 1.28.